The number of rotatable bonds is 7. The fraction of sp³-hybridized carbons (Fsp3) is 0. The van der Waals surface area contributed by atoms with Crippen LogP contribution in [-0.4, -0.2) is 4.57 Å². The van der Waals surface area contributed by atoms with Gasteiger partial charge in [0.15, 0.2) is 0 Å². The van der Waals surface area contributed by atoms with Crippen molar-refractivity contribution in [3.8, 4) is 39.1 Å². The van der Waals surface area contributed by atoms with E-state index in [1.54, 1.807) is 0 Å². The summed E-state index contributed by atoms with van der Waals surface area (Å²) in [4.78, 5) is 2.41. The predicted molar refractivity (Wildman–Crippen MR) is 289 cm³/mol. The second-order valence-corrected chi connectivity index (χ2v) is 18.7. The van der Waals surface area contributed by atoms with Crippen molar-refractivity contribution in [2.24, 2.45) is 0 Å². The number of thiophene rings is 1. The number of para-hydroxylation sites is 4. The molecule has 11 aromatic carbocycles. The number of anilines is 3. The van der Waals surface area contributed by atoms with Crippen molar-refractivity contribution in [1.29, 1.82) is 0 Å². The molecule has 0 aliphatic carbocycles. The Labute approximate surface area is 396 Å². The Morgan fingerprint density at radius 3 is 1.65 bits per heavy atom. The van der Waals surface area contributed by atoms with Gasteiger partial charge in [-0.25, -0.2) is 0 Å². The molecule has 14 aromatic rings. The number of hydrogen-bond acceptors (Lipinski definition) is 3. The van der Waals surface area contributed by atoms with Gasteiger partial charge >= 0.3 is 0 Å². The van der Waals surface area contributed by atoms with Crippen LogP contribution in [-0.2, 0) is 0 Å². The molecule has 4 heteroatoms. The highest BCUT2D eigenvalue weighted by molar-refractivity contribution is 7.26. The maximum absolute atomic E-state index is 6.47. The average molecular weight is 885 g/mol. The Hall–Kier alpha value is -8.70. The highest BCUT2D eigenvalue weighted by Gasteiger charge is 2.21. The summed E-state index contributed by atoms with van der Waals surface area (Å²) in [7, 11) is 0. The van der Waals surface area contributed by atoms with Crippen LogP contribution < -0.4 is 4.90 Å². The van der Waals surface area contributed by atoms with Crippen molar-refractivity contribution >= 4 is 103 Å². The third kappa shape index (κ3) is 6.12. The Bertz CT molecular complexity index is 4210. The monoisotopic (exact) mass is 884 g/mol. The van der Waals surface area contributed by atoms with Crippen molar-refractivity contribution in [3.63, 3.8) is 0 Å². The Kier molecular flexibility index (Phi) is 8.76. The third-order valence-corrected chi connectivity index (χ3v) is 15.0. The van der Waals surface area contributed by atoms with E-state index in [4.69, 9.17) is 4.42 Å². The van der Waals surface area contributed by atoms with E-state index < -0.39 is 0 Å². The van der Waals surface area contributed by atoms with Crippen LogP contribution in [0.4, 0.5) is 17.1 Å². The largest absolute Gasteiger partial charge is 0.456 e. The number of fused-ring (bicyclic) bond motifs is 10. The summed E-state index contributed by atoms with van der Waals surface area (Å²) in [5, 5.41) is 9.72. The number of aromatic nitrogens is 1. The van der Waals surface area contributed by atoms with Crippen LogP contribution in [0, 0.1) is 0 Å². The first-order valence-corrected chi connectivity index (χ1v) is 24.0. The van der Waals surface area contributed by atoms with Gasteiger partial charge in [0.05, 0.1) is 22.4 Å². The fourth-order valence-electron chi connectivity index (χ4n) is 10.6. The Morgan fingerprint density at radius 2 is 0.897 bits per heavy atom. The first kappa shape index (κ1) is 38.6. The zero-order chi connectivity index (χ0) is 44.7. The van der Waals surface area contributed by atoms with Gasteiger partial charge in [-0.1, -0.05) is 164 Å². The van der Waals surface area contributed by atoms with Gasteiger partial charge < -0.3 is 13.9 Å². The van der Waals surface area contributed by atoms with Gasteiger partial charge in [-0.3, -0.25) is 0 Å². The fourth-order valence-corrected chi connectivity index (χ4v) is 11.9. The van der Waals surface area contributed by atoms with E-state index in [0.717, 1.165) is 61.4 Å². The molecule has 3 heterocycles. The Balaban J connectivity index is 0.917. The van der Waals surface area contributed by atoms with Crippen LogP contribution in [0.3, 0.4) is 0 Å². The highest BCUT2D eigenvalue weighted by Crippen LogP contribution is 2.46. The summed E-state index contributed by atoms with van der Waals surface area (Å²) in [5.41, 5.74) is 15.6. The molecule has 0 amide bonds. The molecule has 0 bridgehead atoms. The lowest BCUT2D eigenvalue weighted by molar-refractivity contribution is 0.669. The summed E-state index contributed by atoms with van der Waals surface area (Å²) >= 11 is 1.87. The molecule has 0 unspecified atom stereocenters. The SMILES string of the molecule is c1ccc(N(c2ccc(-c3ccccc3-n3c4ccccc4c4ccccc43)cc2)c2ccc(-c3cccc4c3sc3ccccc34)cc2)c(-c2ccc3oc4cc5ccccc5cc4c3c2)c1. The van der Waals surface area contributed by atoms with E-state index in [1.165, 1.54) is 69.4 Å². The minimum atomic E-state index is 0.884. The van der Waals surface area contributed by atoms with Crippen molar-refractivity contribution < 1.29 is 4.42 Å². The highest BCUT2D eigenvalue weighted by atomic mass is 32.1. The molecular formula is C64H40N2OS. The van der Waals surface area contributed by atoms with E-state index in [-0.39, 0.29) is 0 Å². The third-order valence-electron chi connectivity index (χ3n) is 13.8. The molecule has 3 nitrogen and oxygen atoms in total. The van der Waals surface area contributed by atoms with Gasteiger partial charge in [0.1, 0.15) is 11.2 Å². The lowest BCUT2D eigenvalue weighted by atomic mass is 9.98. The summed E-state index contributed by atoms with van der Waals surface area (Å²) in [6, 6.07) is 88.2. The first-order chi connectivity index (χ1) is 33.7. The summed E-state index contributed by atoms with van der Waals surface area (Å²) in [5.74, 6) is 0. The summed E-state index contributed by atoms with van der Waals surface area (Å²) in [6.45, 7) is 0. The first-order valence-electron chi connectivity index (χ1n) is 23.2. The smallest absolute Gasteiger partial charge is 0.136 e. The quantitative estimate of drug-likeness (QED) is 0.159. The Morgan fingerprint density at radius 1 is 0.353 bits per heavy atom. The van der Waals surface area contributed by atoms with E-state index in [0.29, 0.717) is 0 Å². The molecule has 0 spiro atoms. The van der Waals surface area contributed by atoms with Crippen LogP contribution in [0.15, 0.2) is 247 Å². The molecule has 3 aromatic heterocycles. The molecule has 0 radical (unpaired) electrons. The molecule has 0 aliphatic heterocycles. The van der Waals surface area contributed by atoms with Gasteiger partial charge in [-0.05, 0) is 112 Å². The molecule has 0 saturated carbocycles. The van der Waals surface area contributed by atoms with E-state index in [2.05, 4.69) is 252 Å². The van der Waals surface area contributed by atoms with Gasteiger partial charge in [0.25, 0.3) is 0 Å². The molecule has 318 valence electrons. The molecule has 0 aliphatic rings. The minimum Gasteiger partial charge on any atom is -0.456 e. The van der Waals surface area contributed by atoms with Crippen molar-refractivity contribution in [3.05, 3.63) is 243 Å². The zero-order valence-corrected chi connectivity index (χ0v) is 37.6. The van der Waals surface area contributed by atoms with Crippen LogP contribution in [0.5, 0.6) is 0 Å². The topological polar surface area (TPSA) is 21.3 Å². The standard InChI is InChI=1S/C64H40N2OS/c1-2-15-44-40-62-56(38-43(44)14-1)55-39-45(32-37-61(55)67-62)49-17-4-8-23-57(49)65(47-35-30-42(31-36-47)50-21-13-22-54-53-20-7-12-27-63(53)68-64(50)54)46-33-28-41(29-34-46)48-16-3-9-24-58(48)66-59-25-10-5-18-51(59)52-19-6-11-26-60(52)66/h1-40H. The summed E-state index contributed by atoms with van der Waals surface area (Å²) in [6.07, 6.45) is 0. The van der Waals surface area contributed by atoms with Gasteiger partial charge in [0.2, 0.25) is 0 Å². The molecule has 0 atom stereocenters. The van der Waals surface area contributed by atoms with Crippen molar-refractivity contribution in [2.45, 2.75) is 0 Å². The number of nitrogens with zero attached hydrogens (tertiary/aromatic N) is 2. The van der Waals surface area contributed by atoms with Gasteiger partial charge in [-0.2, -0.15) is 0 Å². The number of furan rings is 1. The van der Waals surface area contributed by atoms with E-state index in [9.17, 15) is 0 Å². The maximum atomic E-state index is 6.47. The lowest BCUT2D eigenvalue weighted by Crippen LogP contribution is -2.11. The van der Waals surface area contributed by atoms with Crippen LogP contribution in [0.1, 0.15) is 0 Å². The predicted octanol–water partition coefficient (Wildman–Crippen LogP) is 18.7. The molecule has 0 fully saturated rings. The van der Waals surface area contributed by atoms with Crippen molar-refractivity contribution in [1.82, 2.24) is 4.57 Å². The molecule has 0 N–H and O–H groups in total. The zero-order valence-electron chi connectivity index (χ0n) is 36.8. The maximum Gasteiger partial charge on any atom is 0.136 e. The minimum absolute atomic E-state index is 0.884. The molecule has 0 saturated heterocycles. The average Bonchev–Trinajstić information content (AvgIpc) is 4.08. The van der Waals surface area contributed by atoms with Crippen molar-refractivity contribution in [2.75, 3.05) is 4.90 Å². The van der Waals surface area contributed by atoms with Crippen LogP contribution >= 0.6 is 11.3 Å². The normalized spacial score (nSPS) is 11.8. The van der Waals surface area contributed by atoms with Crippen LogP contribution in [0.25, 0.3) is 114 Å². The second-order valence-electron chi connectivity index (χ2n) is 17.6. The van der Waals surface area contributed by atoms with E-state index in [1.807, 2.05) is 11.3 Å². The molecular weight excluding hydrogens is 845 g/mol. The van der Waals surface area contributed by atoms with Gasteiger partial charge in [0, 0.05) is 64.2 Å². The second kappa shape index (κ2) is 15.5. The number of hydrogen-bond donors (Lipinski definition) is 0. The summed E-state index contributed by atoms with van der Waals surface area (Å²) < 4.78 is 11.5. The lowest BCUT2D eigenvalue weighted by Gasteiger charge is -2.28. The molecule has 68 heavy (non-hydrogen) atoms. The van der Waals surface area contributed by atoms with Crippen LogP contribution in [0.2, 0.25) is 0 Å². The molecule has 14 rings (SSSR count). The van der Waals surface area contributed by atoms with E-state index >= 15 is 0 Å². The van der Waals surface area contributed by atoms with Gasteiger partial charge in [-0.15, -0.1) is 11.3 Å². The number of benzene rings is 11.